The number of rotatable bonds is 6. The highest BCUT2D eigenvalue weighted by molar-refractivity contribution is 7.14. The Labute approximate surface area is 125 Å². The van der Waals surface area contributed by atoms with Crippen molar-refractivity contribution in [2.75, 3.05) is 21.2 Å². The monoisotopic (exact) mass is 299 g/mol. The van der Waals surface area contributed by atoms with Crippen LogP contribution in [0.15, 0.2) is 0 Å². The highest BCUT2D eigenvalue weighted by Gasteiger charge is 2.29. The van der Waals surface area contributed by atoms with Crippen LogP contribution < -0.4 is 15.4 Å². The number of nitrogens with one attached hydrogen (secondary N) is 2. The summed E-state index contributed by atoms with van der Waals surface area (Å²) in [4.78, 5) is 16.4. The molecule has 6 heteroatoms. The molecular formula is C14H25N3O2S. The lowest BCUT2D eigenvalue weighted by atomic mass is 10.2. The van der Waals surface area contributed by atoms with Crippen LogP contribution in [0.5, 0.6) is 5.75 Å². The van der Waals surface area contributed by atoms with Gasteiger partial charge in [0, 0.05) is 10.4 Å². The second-order valence-corrected chi connectivity index (χ2v) is 6.01. The van der Waals surface area contributed by atoms with E-state index in [-0.39, 0.29) is 18.2 Å². The highest BCUT2D eigenvalue weighted by Crippen LogP contribution is 2.35. The van der Waals surface area contributed by atoms with Crippen molar-refractivity contribution in [3.63, 3.8) is 0 Å². The quantitative estimate of drug-likeness (QED) is 0.788. The van der Waals surface area contributed by atoms with Crippen molar-refractivity contribution in [1.82, 2.24) is 15.5 Å². The highest BCUT2D eigenvalue weighted by atomic mass is 32.1. The molecule has 2 N–H and O–H groups in total. The van der Waals surface area contributed by atoms with Gasteiger partial charge in [-0.05, 0) is 41.8 Å². The largest absolute Gasteiger partial charge is 0.495 e. The second-order valence-electron chi connectivity index (χ2n) is 4.79. The molecule has 1 aromatic heterocycles. The number of carbonyl (C=O) groups excluding carboxylic acids is 1. The molecule has 0 fully saturated rings. The average Bonchev–Trinajstić information content (AvgIpc) is 2.73. The van der Waals surface area contributed by atoms with E-state index >= 15 is 0 Å². The number of aryl methyl sites for hydroxylation is 1. The summed E-state index contributed by atoms with van der Waals surface area (Å²) in [5.41, 5.74) is 1.04. The van der Waals surface area contributed by atoms with Crippen molar-refractivity contribution in [3.05, 3.63) is 15.3 Å². The van der Waals surface area contributed by atoms with E-state index in [1.165, 1.54) is 11.3 Å². The first-order chi connectivity index (χ1) is 9.38. The van der Waals surface area contributed by atoms with Gasteiger partial charge in [-0.1, -0.05) is 0 Å². The van der Waals surface area contributed by atoms with E-state index in [0.29, 0.717) is 10.6 Å². The molecule has 2 unspecified atom stereocenters. The normalized spacial score (nSPS) is 13.9. The summed E-state index contributed by atoms with van der Waals surface area (Å²) in [6.07, 6.45) is -0.144. The molecule has 0 saturated carbocycles. The smallest absolute Gasteiger partial charge is 0.270 e. The van der Waals surface area contributed by atoms with Crippen molar-refractivity contribution in [2.24, 2.45) is 0 Å². The average molecular weight is 299 g/mol. The zero-order valence-corrected chi connectivity index (χ0v) is 14.1. The van der Waals surface area contributed by atoms with Crippen molar-refractivity contribution in [2.45, 2.75) is 40.0 Å². The molecule has 0 radical (unpaired) electrons. The zero-order valence-electron chi connectivity index (χ0n) is 13.3. The number of ether oxygens (including phenoxy) is 1. The predicted octanol–water partition coefficient (Wildman–Crippen LogP) is 1.95. The first kappa shape index (κ1) is 16.9. The number of hydrogen-bond donors (Lipinski definition) is 2. The molecule has 1 aromatic rings. The Morgan fingerprint density at radius 2 is 1.70 bits per heavy atom. The molecule has 1 rings (SSSR count). The van der Waals surface area contributed by atoms with Crippen LogP contribution in [0.25, 0.3) is 0 Å². The van der Waals surface area contributed by atoms with Gasteiger partial charge in [-0.15, -0.1) is 11.3 Å². The van der Waals surface area contributed by atoms with Gasteiger partial charge in [0.05, 0.1) is 19.4 Å². The summed E-state index contributed by atoms with van der Waals surface area (Å²) in [5.74, 6) is 0.667. The summed E-state index contributed by atoms with van der Waals surface area (Å²) < 4.78 is 5.42. The number of thiophene rings is 1. The van der Waals surface area contributed by atoms with Gasteiger partial charge in [-0.25, -0.2) is 0 Å². The minimum absolute atomic E-state index is 0.0215. The molecule has 0 aliphatic heterocycles. The van der Waals surface area contributed by atoms with E-state index in [1.54, 1.807) is 12.0 Å². The maximum Gasteiger partial charge on any atom is 0.270 e. The van der Waals surface area contributed by atoms with E-state index in [1.807, 2.05) is 41.8 Å². The van der Waals surface area contributed by atoms with Gasteiger partial charge >= 0.3 is 0 Å². The number of hydrogen-bond acceptors (Lipinski definition) is 5. The fourth-order valence-corrected chi connectivity index (χ4v) is 3.15. The first-order valence-corrected chi connectivity index (χ1v) is 7.51. The van der Waals surface area contributed by atoms with Crippen LogP contribution in [-0.4, -0.2) is 44.3 Å². The van der Waals surface area contributed by atoms with Gasteiger partial charge in [0.25, 0.3) is 5.91 Å². The Kier molecular flexibility index (Phi) is 5.98. The lowest BCUT2D eigenvalue weighted by Gasteiger charge is -2.34. The van der Waals surface area contributed by atoms with E-state index < -0.39 is 0 Å². The molecule has 0 spiro atoms. The predicted molar refractivity (Wildman–Crippen MR) is 83.6 cm³/mol. The van der Waals surface area contributed by atoms with Gasteiger partial charge in [0.1, 0.15) is 10.6 Å². The molecule has 0 aliphatic rings. The van der Waals surface area contributed by atoms with Crippen LogP contribution in [0.3, 0.4) is 0 Å². The molecule has 20 heavy (non-hydrogen) atoms. The summed E-state index contributed by atoms with van der Waals surface area (Å²) in [6, 6.07) is 0. The molecular weight excluding hydrogens is 274 g/mol. The number of carbonyl (C=O) groups is 1. The fourth-order valence-electron chi connectivity index (χ4n) is 2.08. The third-order valence-corrected chi connectivity index (χ3v) is 4.81. The van der Waals surface area contributed by atoms with Crippen LogP contribution >= 0.6 is 11.3 Å². The second kappa shape index (κ2) is 7.06. The van der Waals surface area contributed by atoms with E-state index in [9.17, 15) is 4.79 Å². The van der Waals surface area contributed by atoms with E-state index in [0.717, 1.165) is 10.4 Å². The summed E-state index contributed by atoms with van der Waals surface area (Å²) in [5, 5.41) is 6.24. The number of methoxy groups -OCH3 is 1. The Morgan fingerprint density at radius 1 is 1.20 bits per heavy atom. The van der Waals surface area contributed by atoms with Gasteiger partial charge in [-0.3, -0.25) is 4.79 Å². The standard InChI is InChI=1S/C14H25N3O2S/c1-8-9(2)20-13(12(8)19-7)14(18)17(10(3)15-5)11(4)16-6/h10-11,15-16H,1-7H3. The fraction of sp³-hybridized carbons (Fsp3) is 0.643. The number of nitrogens with zero attached hydrogens (tertiary/aromatic N) is 1. The Hall–Kier alpha value is -1.11. The third kappa shape index (κ3) is 3.13. The van der Waals surface area contributed by atoms with Crippen LogP contribution in [0.1, 0.15) is 34.0 Å². The topological polar surface area (TPSA) is 53.6 Å². The van der Waals surface area contributed by atoms with E-state index in [2.05, 4.69) is 10.6 Å². The summed E-state index contributed by atoms with van der Waals surface area (Å²) in [7, 11) is 5.30. The maximum absolute atomic E-state index is 12.9. The van der Waals surface area contributed by atoms with Gasteiger partial charge in [0.2, 0.25) is 0 Å². The SMILES string of the molecule is CNC(C)N(C(=O)c1sc(C)c(C)c1OC)C(C)NC. The van der Waals surface area contributed by atoms with Crippen LogP contribution in [0.2, 0.25) is 0 Å². The van der Waals surface area contributed by atoms with Crippen LogP contribution in [0.4, 0.5) is 0 Å². The molecule has 1 amide bonds. The molecule has 1 heterocycles. The van der Waals surface area contributed by atoms with E-state index in [4.69, 9.17) is 4.74 Å². The molecule has 0 bridgehead atoms. The van der Waals surface area contributed by atoms with Crippen molar-refractivity contribution >= 4 is 17.2 Å². The van der Waals surface area contributed by atoms with Crippen molar-refractivity contribution in [1.29, 1.82) is 0 Å². The maximum atomic E-state index is 12.9. The molecule has 114 valence electrons. The summed E-state index contributed by atoms with van der Waals surface area (Å²) >= 11 is 1.49. The Bertz CT molecular complexity index is 463. The van der Waals surface area contributed by atoms with Crippen molar-refractivity contribution < 1.29 is 9.53 Å². The van der Waals surface area contributed by atoms with Gasteiger partial charge in [0.15, 0.2) is 0 Å². The number of amides is 1. The van der Waals surface area contributed by atoms with Gasteiger partial charge < -0.3 is 20.3 Å². The lowest BCUT2D eigenvalue weighted by Crippen LogP contribution is -2.54. The Balaban J connectivity index is 3.22. The van der Waals surface area contributed by atoms with Crippen LogP contribution in [-0.2, 0) is 0 Å². The zero-order chi connectivity index (χ0) is 15.4. The lowest BCUT2D eigenvalue weighted by molar-refractivity contribution is 0.0545. The minimum Gasteiger partial charge on any atom is -0.495 e. The molecule has 2 atom stereocenters. The molecule has 0 saturated heterocycles. The molecule has 5 nitrogen and oxygen atoms in total. The van der Waals surface area contributed by atoms with Crippen LogP contribution in [0, 0.1) is 13.8 Å². The molecule has 0 aromatic carbocycles. The Morgan fingerprint density at radius 3 is 2.10 bits per heavy atom. The molecule has 0 aliphatic carbocycles. The van der Waals surface area contributed by atoms with Gasteiger partial charge in [-0.2, -0.15) is 0 Å². The minimum atomic E-state index is -0.0719. The summed E-state index contributed by atoms with van der Waals surface area (Å²) in [6.45, 7) is 7.92. The van der Waals surface area contributed by atoms with Crippen molar-refractivity contribution in [3.8, 4) is 5.75 Å². The third-order valence-electron chi connectivity index (χ3n) is 3.63. The first-order valence-electron chi connectivity index (χ1n) is 6.70.